The van der Waals surface area contributed by atoms with Crippen molar-refractivity contribution in [1.29, 1.82) is 0 Å². The van der Waals surface area contributed by atoms with E-state index >= 15 is 0 Å². The Kier molecular flexibility index (Phi) is 10.2. The summed E-state index contributed by atoms with van der Waals surface area (Å²) < 4.78 is 27.6. The molecule has 0 saturated carbocycles. The average molecular weight is 339 g/mol. The Morgan fingerprint density at radius 1 is 0.833 bits per heavy atom. The van der Waals surface area contributed by atoms with Crippen molar-refractivity contribution in [3.8, 4) is 0 Å². The Labute approximate surface area is 148 Å². The quantitative estimate of drug-likeness (QED) is 0.368. The monoisotopic (exact) mass is 338 g/mol. The Morgan fingerprint density at radius 2 is 1.50 bits per heavy atom. The van der Waals surface area contributed by atoms with E-state index in [1.807, 2.05) is 0 Å². The van der Waals surface area contributed by atoms with Gasteiger partial charge in [0, 0.05) is 0 Å². The third kappa shape index (κ3) is 7.32. The van der Waals surface area contributed by atoms with E-state index in [1.165, 1.54) is 44.9 Å². The molecule has 1 aromatic carbocycles. The highest BCUT2D eigenvalue weighted by Crippen LogP contribution is 2.25. The second-order valence-corrected chi connectivity index (χ2v) is 7.54. The molecule has 1 rings (SSSR count). The Hall–Kier alpha value is -0.920. The van der Waals surface area contributed by atoms with Crippen molar-refractivity contribution in [2.45, 2.75) is 91.9 Å². The highest BCUT2D eigenvalue weighted by molar-refractivity contribution is 5.25. The van der Waals surface area contributed by atoms with Crippen molar-refractivity contribution < 1.29 is 8.78 Å². The SMILES string of the molecule is CCCC(C)CCCC(CCC)CCCc1ccc(C)c(F)c1F. The first-order chi connectivity index (χ1) is 11.5. The van der Waals surface area contributed by atoms with E-state index < -0.39 is 11.6 Å². The predicted molar refractivity (Wildman–Crippen MR) is 100 cm³/mol. The molecule has 0 radical (unpaired) electrons. The molecule has 0 amide bonds. The first-order valence-electron chi connectivity index (χ1n) is 9.93. The first-order valence-corrected chi connectivity index (χ1v) is 9.93. The minimum Gasteiger partial charge on any atom is -0.203 e. The maximum Gasteiger partial charge on any atom is 0.162 e. The number of hydrogen-bond acceptors (Lipinski definition) is 0. The van der Waals surface area contributed by atoms with Gasteiger partial charge in [-0.2, -0.15) is 0 Å². The number of rotatable bonds is 12. The van der Waals surface area contributed by atoms with Crippen LogP contribution >= 0.6 is 0 Å². The normalized spacial score (nSPS) is 13.9. The molecular weight excluding hydrogens is 302 g/mol. The Bertz CT molecular complexity index is 467. The molecule has 2 heteroatoms. The second-order valence-electron chi connectivity index (χ2n) is 7.54. The van der Waals surface area contributed by atoms with Gasteiger partial charge in [-0.3, -0.25) is 0 Å². The topological polar surface area (TPSA) is 0 Å². The summed E-state index contributed by atoms with van der Waals surface area (Å²) in [6, 6.07) is 3.43. The number of benzene rings is 1. The molecule has 0 fully saturated rings. The van der Waals surface area contributed by atoms with Crippen LogP contribution in [0.25, 0.3) is 0 Å². The van der Waals surface area contributed by atoms with Gasteiger partial charge in [-0.25, -0.2) is 8.78 Å². The third-order valence-electron chi connectivity index (χ3n) is 5.20. The minimum absolute atomic E-state index is 0.390. The van der Waals surface area contributed by atoms with Gasteiger partial charge in [-0.1, -0.05) is 84.3 Å². The number of halogens is 2. The van der Waals surface area contributed by atoms with E-state index in [4.69, 9.17) is 0 Å². The predicted octanol–water partition coefficient (Wildman–Crippen LogP) is 7.62. The number of hydrogen-bond donors (Lipinski definition) is 0. The van der Waals surface area contributed by atoms with Crippen LogP contribution in [0.5, 0.6) is 0 Å². The first kappa shape index (κ1) is 21.1. The van der Waals surface area contributed by atoms with Crippen molar-refractivity contribution in [2.24, 2.45) is 11.8 Å². The Morgan fingerprint density at radius 3 is 2.17 bits per heavy atom. The summed E-state index contributed by atoms with van der Waals surface area (Å²) in [5.74, 6) is 0.252. The fourth-order valence-electron chi connectivity index (χ4n) is 3.69. The number of aryl methyl sites for hydroxylation is 2. The van der Waals surface area contributed by atoms with Crippen LogP contribution in [0.2, 0.25) is 0 Å². The van der Waals surface area contributed by atoms with E-state index in [1.54, 1.807) is 19.1 Å². The maximum absolute atomic E-state index is 13.9. The van der Waals surface area contributed by atoms with Crippen LogP contribution in [-0.2, 0) is 6.42 Å². The van der Waals surface area contributed by atoms with Crippen LogP contribution in [0.3, 0.4) is 0 Å². The van der Waals surface area contributed by atoms with Crippen molar-refractivity contribution in [3.63, 3.8) is 0 Å². The summed E-state index contributed by atoms with van der Waals surface area (Å²) >= 11 is 0. The lowest BCUT2D eigenvalue weighted by molar-refractivity contribution is 0.363. The van der Waals surface area contributed by atoms with E-state index in [0.29, 0.717) is 17.5 Å². The molecule has 0 spiro atoms. The molecule has 138 valence electrons. The fourth-order valence-corrected chi connectivity index (χ4v) is 3.69. The van der Waals surface area contributed by atoms with Gasteiger partial charge in [0.1, 0.15) is 0 Å². The molecule has 2 unspecified atom stereocenters. The zero-order valence-electron chi connectivity index (χ0n) is 16.1. The van der Waals surface area contributed by atoms with Crippen LogP contribution in [0.4, 0.5) is 8.78 Å². The summed E-state index contributed by atoms with van der Waals surface area (Å²) in [5, 5.41) is 0. The third-order valence-corrected chi connectivity index (χ3v) is 5.20. The lowest BCUT2D eigenvalue weighted by Gasteiger charge is -2.17. The molecule has 1 aromatic rings. The van der Waals surface area contributed by atoms with Gasteiger partial charge < -0.3 is 0 Å². The largest absolute Gasteiger partial charge is 0.203 e. The molecule has 0 nitrogen and oxygen atoms in total. The van der Waals surface area contributed by atoms with Gasteiger partial charge in [0.15, 0.2) is 11.6 Å². The molecule has 0 aliphatic rings. The van der Waals surface area contributed by atoms with E-state index in [0.717, 1.165) is 24.7 Å². The summed E-state index contributed by atoms with van der Waals surface area (Å²) in [4.78, 5) is 0. The van der Waals surface area contributed by atoms with Crippen molar-refractivity contribution in [2.75, 3.05) is 0 Å². The molecule has 0 aliphatic carbocycles. The van der Waals surface area contributed by atoms with Crippen LogP contribution < -0.4 is 0 Å². The van der Waals surface area contributed by atoms with Gasteiger partial charge >= 0.3 is 0 Å². The maximum atomic E-state index is 13.9. The van der Waals surface area contributed by atoms with Crippen molar-refractivity contribution in [3.05, 3.63) is 34.9 Å². The molecule has 0 aliphatic heterocycles. The molecule has 0 aromatic heterocycles. The van der Waals surface area contributed by atoms with Gasteiger partial charge in [0.05, 0.1) is 0 Å². The zero-order valence-corrected chi connectivity index (χ0v) is 16.1. The van der Waals surface area contributed by atoms with Gasteiger partial charge in [0.25, 0.3) is 0 Å². The van der Waals surface area contributed by atoms with Gasteiger partial charge in [-0.15, -0.1) is 0 Å². The van der Waals surface area contributed by atoms with E-state index in [9.17, 15) is 8.78 Å². The second kappa shape index (κ2) is 11.6. The summed E-state index contributed by atoms with van der Waals surface area (Å²) in [5.41, 5.74) is 0.922. The molecule has 24 heavy (non-hydrogen) atoms. The van der Waals surface area contributed by atoms with E-state index in [-0.39, 0.29) is 0 Å². The lowest BCUT2D eigenvalue weighted by Crippen LogP contribution is -2.04. The highest BCUT2D eigenvalue weighted by Gasteiger charge is 2.13. The molecule has 0 saturated heterocycles. The molecule has 0 bridgehead atoms. The molecular formula is C22H36F2. The van der Waals surface area contributed by atoms with Gasteiger partial charge in [0.2, 0.25) is 0 Å². The van der Waals surface area contributed by atoms with Crippen LogP contribution in [0.1, 0.15) is 89.7 Å². The standard InChI is InChI=1S/C22H36F2/c1-5-9-17(3)11-7-12-19(10-6-2)13-8-14-20-16-15-18(4)21(23)22(20)24/h15-17,19H,5-14H2,1-4H3. The van der Waals surface area contributed by atoms with Gasteiger partial charge in [-0.05, 0) is 42.7 Å². The summed E-state index contributed by atoms with van der Waals surface area (Å²) in [6.45, 7) is 8.46. The smallest absolute Gasteiger partial charge is 0.162 e. The summed E-state index contributed by atoms with van der Waals surface area (Å²) in [6.07, 6.45) is 11.7. The molecule has 0 N–H and O–H groups in total. The minimum atomic E-state index is -0.678. The van der Waals surface area contributed by atoms with Crippen LogP contribution in [-0.4, -0.2) is 0 Å². The highest BCUT2D eigenvalue weighted by atomic mass is 19.2. The van der Waals surface area contributed by atoms with E-state index in [2.05, 4.69) is 20.8 Å². The van der Waals surface area contributed by atoms with Crippen LogP contribution in [0, 0.1) is 30.4 Å². The average Bonchev–Trinajstić information content (AvgIpc) is 2.55. The van der Waals surface area contributed by atoms with Crippen molar-refractivity contribution >= 4 is 0 Å². The van der Waals surface area contributed by atoms with Crippen LogP contribution in [0.15, 0.2) is 12.1 Å². The fraction of sp³-hybridized carbons (Fsp3) is 0.727. The lowest BCUT2D eigenvalue weighted by atomic mass is 9.89. The Balaban J connectivity index is 2.39. The van der Waals surface area contributed by atoms with Crippen molar-refractivity contribution in [1.82, 2.24) is 0 Å². The molecule has 2 atom stereocenters. The molecule has 0 heterocycles. The summed E-state index contributed by atoms with van der Waals surface area (Å²) in [7, 11) is 0. The zero-order chi connectivity index (χ0) is 17.9.